The van der Waals surface area contributed by atoms with Crippen LogP contribution in [-0.2, 0) is 10.5 Å². The Bertz CT molecular complexity index is 124. The summed E-state index contributed by atoms with van der Waals surface area (Å²) in [5.41, 5.74) is 0. The first-order valence-electron chi connectivity index (χ1n) is 1.00. The average molecular weight is 126 g/mol. The first kappa shape index (κ1) is 9.64. The molecular formula is C2H3FO3S. The number of hydrogen-bond acceptors (Lipinski definition) is 2. The molecule has 0 heterocycles. The van der Waals surface area contributed by atoms with Crippen molar-refractivity contribution in [1.29, 1.82) is 0 Å². The predicted octanol–water partition coefficient (Wildman–Crippen LogP) is 0.00810. The van der Waals surface area contributed by atoms with Gasteiger partial charge in [0.2, 0.25) is 0 Å². The van der Waals surface area contributed by atoms with Crippen molar-refractivity contribution in [3.63, 3.8) is 0 Å². The van der Waals surface area contributed by atoms with E-state index in [1.54, 1.807) is 0 Å². The smallest absolute Gasteiger partial charge is 0.260 e. The summed E-state index contributed by atoms with van der Waals surface area (Å²) in [4.78, 5) is 0. The van der Waals surface area contributed by atoms with Gasteiger partial charge in [0, 0.05) is 0 Å². The summed E-state index contributed by atoms with van der Waals surface area (Å²) in [6.07, 6.45) is 8.00. The second kappa shape index (κ2) is 3.59. The summed E-state index contributed by atoms with van der Waals surface area (Å²) >= 11 is 0. The van der Waals surface area contributed by atoms with Gasteiger partial charge in [0.05, 0.1) is 0 Å². The summed E-state index contributed by atoms with van der Waals surface area (Å²) < 4.78 is 34.1. The Morgan fingerprint density at radius 2 is 1.43 bits per heavy atom. The molecule has 1 N–H and O–H groups in total. The van der Waals surface area contributed by atoms with E-state index in [1.165, 1.54) is 0 Å². The predicted molar refractivity (Wildman–Crippen MR) is 22.5 cm³/mol. The van der Waals surface area contributed by atoms with Gasteiger partial charge in [0.1, 0.15) is 0 Å². The van der Waals surface area contributed by atoms with Crippen LogP contribution < -0.4 is 0 Å². The maximum Gasteiger partial charge on any atom is 0.435 e. The van der Waals surface area contributed by atoms with E-state index in [0.717, 1.165) is 0 Å². The normalized spacial score (nSPS) is 8.57. The first-order valence-corrected chi connectivity index (χ1v) is 2.34. The van der Waals surface area contributed by atoms with Crippen molar-refractivity contribution in [3.8, 4) is 12.8 Å². The van der Waals surface area contributed by atoms with E-state index in [4.69, 9.17) is 13.0 Å². The van der Waals surface area contributed by atoms with Crippen molar-refractivity contribution in [2.75, 3.05) is 0 Å². The number of hydrogen-bond donors (Lipinski definition) is 1. The molecule has 0 atom stereocenters. The lowest BCUT2D eigenvalue weighted by atomic mass is 11.4. The third-order valence-corrected chi connectivity index (χ3v) is 0. The van der Waals surface area contributed by atoms with Crippen LogP contribution in [0.4, 0.5) is 3.89 Å². The van der Waals surface area contributed by atoms with Gasteiger partial charge in [-0.3, -0.25) is 4.55 Å². The highest BCUT2D eigenvalue weighted by molar-refractivity contribution is 7.80. The van der Waals surface area contributed by atoms with Crippen LogP contribution in [0.3, 0.4) is 0 Å². The van der Waals surface area contributed by atoms with Gasteiger partial charge in [0.25, 0.3) is 0 Å². The molecule has 0 rings (SSSR count). The molecule has 0 saturated heterocycles. The van der Waals surface area contributed by atoms with E-state index in [-0.39, 0.29) is 0 Å². The Balaban J connectivity index is 0. The summed E-state index contributed by atoms with van der Waals surface area (Å²) in [5.74, 6) is 0. The van der Waals surface area contributed by atoms with E-state index in [0.29, 0.717) is 0 Å². The highest BCUT2D eigenvalue weighted by Crippen LogP contribution is 1.74. The number of rotatable bonds is 0. The van der Waals surface area contributed by atoms with Gasteiger partial charge < -0.3 is 0 Å². The zero-order chi connectivity index (χ0) is 6.50. The minimum absolute atomic E-state index is 4.00. The minimum atomic E-state index is -5.17. The monoisotopic (exact) mass is 126 g/mol. The molecular weight excluding hydrogens is 123 g/mol. The van der Waals surface area contributed by atoms with Crippen LogP contribution in [-0.4, -0.2) is 13.0 Å². The molecule has 3 nitrogen and oxygen atoms in total. The third kappa shape index (κ3) is 173. The van der Waals surface area contributed by atoms with Gasteiger partial charge in [-0.25, -0.2) is 0 Å². The first-order chi connectivity index (χ1) is 3.00. The van der Waals surface area contributed by atoms with Gasteiger partial charge >= 0.3 is 10.5 Å². The van der Waals surface area contributed by atoms with Crippen LogP contribution in [0.15, 0.2) is 0 Å². The molecule has 0 aliphatic heterocycles. The molecule has 7 heavy (non-hydrogen) atoms. The molecule has 0 aromatic rings. The maximum absolute atomic E-state index is 10.2. The lowest BCUT2D eigenvalue weighted by Gasteiger charge is -1.63. The van der Waals surface area contributed by atoms with Gasteiger partial charge in [-0.1, -0.05) is 3.89 Å². The Hall–Kier alpha value is -0.600. The quantitative estimate of drug-likeness (QED) is 0.282. The van der Waals surface area contributed by atoms with E-state index in [1.807, 2.05) is 0 Å². The van der Waals surface area contributed by atoms with Crippen LogP contribution >= 0.6 is 0 Å². The zero-order valence-electron chi connectivity index (χ0n) is 3.20. The lowest BCUT2D eigenvalue weighted by molar-refractivity contribution is 0.435. The van der Waals surface area contributed by atoms with Gasteiger partial charge in [-0.05, 0) is 0 Å². The van der Waals surface area contributed by atoms with Crippen LogP contribution in [0.25, 0.3) is 0 Å². The topological polar surface area (TPSA) is 54.4 Å². The summed E-state index contributed by atoms with van der Waals surface area (Å²) in [7, 11) is -5.17. The molecule has 0 bridgehead atoms. The second-order valence-electron chi connectivity index (χ2n) is 0.412. The van der Waals surface area contributed by atoms with E-state index in [2.05, 4.69) is 12.8 Å². The number of terminal acetylenes is 1. The van der Waals surface area contributed by atoms with Crippen LogP contribution in [0.2, 0.25) is 0 Å². The molecule has 0 saturated carbocycles. The zero-order valence-corrected chi connectivity index (χ0v) is 4.02. The number of halogens is 1. The largest absolute Gasteiger partial charge is 0.435 e. The fourth-order valence-electron chi connectivity index (χ4n) is 0. The molecule has 0 aromatic carbocycles. The summed E-state index contributed by atoms with van der Waals surface area (Å²) in [6.45, 7) is 0. The second-order valence-corrected chi connectivity index (χ2v) is 1.24. The third-order valence-electron chi connectivity index (χ3n) is 0. The Labute approximate surface area is 41.2 Å². The van der Waals surface area contributed by atoms with Crippen LogP contribution in [0, 0.1) is 12.8 Å². The van der Waals surface area contributed by atoms with Crippen LogP contribution in [0.5, 0.6) is 0 Å². The molecule has 0 aliphatic rings. The fraction of sp³-hybridized carbons (Fsp3) is 0. The summed E-state index contributed by atoms with van der Waals surface area (Å²) in [5, 5.41) is 0. The molecule has 0 radical (unpaired) electrons. The Kier molecular flexibility index (Phi) is 4.94. The molecule has 0 aliphatic carbocycles. The molecule has 0 aromatic heterocycles. The van der Waals surface area contributed by atoms with Crippen molar-refractivity contribution in [3.05, 3.63) is 0 Å². The highest BCUT2D eigenvalue weighted by atomic mass is 32.3. The lowest BCUT2D eigenvalue weighted by Crippen LogP contribution is -1.80. The SMILES string of the molecule is C#C.O=S(=O)(O)F. The van der Waals surface area contributed by atoms with Gasteiger partial charge in [-0.2, -0.15) is 8.42 Å². The van der Waals surface area contributed by atoms with Crippen molar-refractivity contribution >= 4 is 10.5 Å². The molecule has 0 spiro atoms. The van der Waals surface area contributed by atoms with E-state index >= 15 is 0 Å². The van der Waals surface area contributed by atoms with Crippen molar-refractivity contribution in [2.45, 2.75) is 0 Å². The Morgan fingerprint density at radius 1 is 1.43 bits per heavy atom. The van der Waals surface area contributed by atoms with Crippen LogP contribution in [0.1, 0.15) is 0 Å². The van der Waals surface area contributed by atoms with Crippen molar-refractivity contribution in [1.82, 2.24) is 0 Å². The minimum Gasteiger partial charge on any atom is -0.260 e. The van der Waals surface area contributed by atoms with Gasteiger partial charge in [-0.15, -0.1) is 12.8 Å². The van der Waals surface area contributed by atoms with Crippen molar-refractivity contribution in [2.24, 2.45) is 0 Å². The van der Waals surface area contributed by atoms with Gasteiger partial charge in [0.15, 0.2) is 0 Å². The molecule has 5 heteroatoms. The molecule has 0 unspecified atom stereocenters. The molecule has 0 fully saturated rings. The van der Waals surface area contributed by atoms with E-state index in [9.17, 15) is 3.89 Å². The Morgan fingerprint density at radius 3 is 1.43 bits per heavy atom. The van der Waals surface area contributed by atoms with Crippen molar-refractivity contribution < 1.29 is 16.9 Å². The highest BCUT2D eigenvalue weighted by Gasteiger charge is 1.89. The molecule has 42 valence electrons. The summed E-state index contributed by atoms with van der Waals surface area (Å²) in [6, 6.07) is 0. The maximum atomic E-state index is 10.2. The molecule has 0 amide bonds. The standard InChI is InChI=1S/C2H2.FHO3S/c1-2;1-5(2,3)4/h1-2H;(H,2,3,4). The fourth-order valence-corrected chi connectivity index (χ4v) is 0. The average Bonchev–Trinajstić information content (AvgIpc) is 1.36. The van der Waals surface area contributed by atoms with E-state index < -0.39 is 10.5 Å².